The Morgan fingerprint density at radius 1 is 1.11 bits per heavy atom. The quantitative estimate of drug-likeness (QED) is 0.853. The Labute approximate surface area is 116 Å². The van der Waals surface area contributed by atoms with Crippen LogP contribution in [0.1, 0.15) is 52.7 Å². The van der Waals surface area contributed by atoms with Crippen LogP contribution in [0.25, 0.3) is 0 Å². The van der Waals surface area contributed by atoms with Gasteiger partial charge in [-0.15, -0.1) is 0 Å². The summed E-state index contributed by atoms with van der Waals surface area (Å²) in [4.78, 5) is 0. The molecule has 0 saturated heterocycles. The van der Waals surface area contributed by atoms with Gasteiger partial charge in [0.25, 0.3) is 0 Å². The number of benzene rings is 1. The first-order valence-corrected chi connectivity index (χ1v) is 6.78. The van der Waals surface area contributed by atoms with E-state index < -0.39 is 6.10 Å². The van der Waals surface area contributed by atoms with Crippen molar-refractivity contribution in [3.8, 4) is 0 Å². The summed E-state index contributed by atoms with van der Waals surface area (Å²) in [5.41, 5.74) is 0.928. The molecule has 1 aromatic rings. The fraction of sp³-hybridized carbons (Fsp3) is 0.625. The molecule has 2 nitrogen and oxygen atoms in total. The van der Waals surface area contributed by atoms with Gasteiger partial charge >= 0.3 is 0 Å². The summed E-state index contributed by atoms with van der Waals surface area (Å²) in [6, 6.07) is 5.99. The average Bonchev–Trinajstić information content (AvgIpc) is 2.24. The molecule has 108 valence electrons. The van der Waals surface area contributed by atoms with E-state index in [0.29, 0.717) is 6.54 Å². The van der Waals surface area contributed by atoms with E-state index in [1.165, 1.54) is 12.1 Å². The second kappa shape index (κ2) is 6.02. The zero-order chi connectivity index (χ0) is 14.7. The maximum absolute atomic E-state index is 12.8. The largest absolute Gasteiger partial charge is 0.387 e. The summed E-state index contributed by atoms with van der Waals surface area (Å²) in [6.45, 7) is 11.3. The third-order valence-corrected chi connectivity index (χ3v) is 3.00. The lowest BCUT2D eigenvalue weighted by Crippen LogP contribution is -2.44. The summed E-state index contributed by atoms with van der Waals surface area (Å²) in [5, 5.41) is 13.5. The summed E-state index contributed by atoms with van der Waals surface area (Å²) in [5.74, 6) is -0.281. The Hall–Kier alpha value is -0.930. The predicted molar refractivity (Wildman–Crippen MR) is 77.5 cm³/mol. The molecule has 0 amide bonds. The van der Waals surface area contributed by atoms with Gasteiger partial charge < -0.3 is 10.4 Å². The van der Waals surface area contributed by atoms with Gasteiger partial charge in [0.2, 0.25) is 0 Å². The van der Waals surface area contributed by atoms with Crippen LogP contribution in [0.3, 0.4) is 0 Å². The Bertz CT molecular complexity index is 392. The van der Waals surface area contributed by atoms with Gasteiger partial charge in [0, 0.05) is 12.1 Å². The highest BCUT2D eigenvalue weighted by Crippen LogP contribution is 2.27. The fourth-order valence-corrected chi connectivity index (χ4v) is 2.56. The van der Waals surface area contributed by atoms with Gasteiger partial charge in [-0.25, -0.2) is 4.39 Å². The van der Waals surface area contributed by atoms with E-state index in [1.807, 2.05) is 0 Å². The predicted octanol–water partition coefficient (Wildman–Crippen LogP) is 3.66. The van der Waals surface area contributed by atoms with E-state index in [1.54, 1.807) is 12.1 Å². The molecule has 1 aromatic carbocycles. The second-order valence-electron chi connectivity index (χ2n) is 7.07. The number of halogens is 1. The third kappa shape index (κ3) is 6.17. The topological polar surface area (TPSA) is 32.3 Å². The highest BCUT2D eigenvalue weighted by Gasteiger charge is 2.25. The molecule has 1 rings (SSSR count). The summed E-state index contributed by atoms with van der Waals surface area (Å²) in [7, 11) is 0. The first-order chi connectivity index (χ1) is 8.59. The van der Waals surface area contributed by atoms with Crippen LogP contribution < -0.4 is 5.32 Å². The van der Waals surface area contributed by atoms with E-state index in [0.717, 1.165) is 12.0 Å². The van der Waals surface area contributed by atoms with Crippen LogP contribution in [0.5, 0.6) is 0 Å². The minimum Gasteiger partial charge on any atom is -0.387 e. The van der Waals surface area contributed by atoms with E-state index in [2.05, 4.69) is 39.9 Å². The Balaban J connectivity index is 2.54. The monoisotopic (exact) mass is 267 g/mol. The van der Waals surface area contributed by atoms with Gasteiger partial charge in [0.1, 0.15) is 5.82 Å². The van der Waals surface area contributed by atoms with Crippen LogP contribution in [-0.4, -0.2) is 17.2 Å². The summed E-state index contributed by atoms with van der Waals surface area (Å²) in [6.07, 6.45) is 0.399. The normalized spacial score (nSPS) is 14.5. The van der Waals surface area contributed by atoms with Crippen LogP contribution in [-0.2, 0) is 0 Å². The van der Waals surface area contributed by atoms with Crippen LogP contribution in [0.4, 0.5) is 4.39 Å². The molecule has 0 fully saturated rings. The molecule has 1 atom stereocenters. The van der Waals surface area contributed by atoms with Crippen molar-refractivity contribution >= 4 is 0 Å². The molecule has 0 aliphatic rings. The van der Waals surface area contributed by atoms with Crippen molar-refractivity contribution in [2.24, 2.45) is 5.41 Å². The lowest BCUT2D eigenvalue weighted by Gasteiger charge is -2.34. The van der Waals surface area contributed by atoms with Crippen LogP contribution >= 0.6 is 0 Å². The number of hydrogen-bond donors (Lipinski definition) is 2. The smallest absolute Gasteiger partial charge is 0.123 e. The van der Waals surface area contributed by atoms with Crippen molar-refractivity contribution in [2.45, 2.75) is 52.7 Å². The minimum absolute atomic E-state index is 0.0424. The van der Waals surface area contributed by atoms with E-state index in [9.17, 15) is 9.50 Å². The fourth-order valence-electron chi connectivity index (χ4n) is 2.56. The minimum atomic E-state index is -0.611. The Morgan fingerprint density at radius 3 is 2.11 bits per heavy atom. The highest BCUT2D eigenvalue weighted by molar-refractivity contribution is 5.18. The number of hydrogen-bond acceptors (Lipinski definition) is 2. The highest BCUT2D eigenvalue weighted by atomic mass is 19.1. The van der Waals surface area contributed by atoms with Crippen molar-refractivity contribution < 1.29 is 9.50 Å². The SMILES string of the molecule is CC(C)(C)CC(C)(C)NCC(O)c1ccc(F)cc1. The van der Waals surface area contributed by atoms with Crippen molar-refractivity contribution in [3.05, 3.63) is 35.6 Å². The third-order valence-electron chi connectivity index (χ3n) is 3.00. The van der Waals surface area contributed by atoms with Gasteiger partial charge in [0.05, 0.1) is 6.10 Å². The zero-order valence-electron chi connectivity index (χ0n) is 12.6. The van der Waals surface area contributed by atoms with Crippen LogP contribution in [0, 0.1) is 11.2 Å². The second-order valence-corrected chi connectivity index (χ2v) is 7.07. The molecule has 0 saturated carbocycles. The van der Waals surface area contributed by atoms with E-state index in [-0.39, 0.29) is 16.8 Å². The molecule has 2 N–H and O–H groups in total. The number of rotatable bonds is 5. The Morgan fingerprint density at radius 2 is 1.63 bits per heavy atom. The maximum atomic E-state index is 12.8. The molecule has 0 bridgehead atoms. The maximum Gasteiger partial charge on any atom is 0.123 e. The summed E-state index contributed by atoms with van der Waals surface area (Å²) >= 11 is 0. The number of β-amino-alcohol motifs (C(OH)–C–C–N with tert-alkyl or cyclic N) is 1. The first-order valence-electron chi connectivity index (χ1n) is 6.78. The Kier molecular flexibility index (Phi) is 5.11. The number of aliphatic hydroxyl groups excluding tert-OH is 1. The van der Waals surface area contributed by atoms with Gasteiger partial charge in [-0.2, -0.15) is 0 Å². The molecule has 0 aliphatic heterocycles. The molecule has 0 aliphatic carbocycles. The molecule has 0 spiro atoms. The molecule has 0 heterocycles. The standard InChI is InChI=1S/C16H26FNO/c1-15(2,3)11-16(4,5)18-10-14(19)12-6-8-13(17)9-7-12/h6-9,14,18-19H,10-11H2,1-5H3. The van der Waals surface area contributed by atoms with E-state index in [4.69, 9.17) is 0 Å². The molecule has 0 radical (unpaired) electrons. The van der Waals surface area contributed by atoms with Crippen LogP contribution in [0.2, 0.25) is 0 Å². The first kappa shape index (κ1) is 16.1. The van der Waals surface area contributed by atoms with Crippen molar-refractivity contribution in [1.82, 2.24) is 5.32 Å². The van der Waals surface area contributed by atoms with Gasteiger partial charge in [-0.3, -0.25) is 0 Å². The molecule has 19 heavy (non-hydrogen) atoms. The molecular formula is C16H26FNO. The summed E-state index contributed by atoms with van der Waals surface area (Å²) < 4.78 is 12.8. The lowest BCUT2D eigenvalue weighted by molar-refractivity contribution is 0.148. The van der Waals surface area contributed by atoms with Crippen molar-refractivity contribution in [1.29, 1.82) is 0 Å². The number of nitrogens with one attached hydrogen (secondary N) is 1. The van der Waals surface area contributed by atoms with Crippen LogP contribution in [0.15, 0.2) is 24.3 Å². The van der Waals surface area contributed by atoms with Crippen molar-refractivity contribution in [3.63, 3.8) is 0 Å². The molecule has 0 aromatic heterocycles. The van der Waals surface area contributed by atoms with E-state index >= 15 is 0 Å². The lowest BCUT2D eigenvalue weighted by atomic mass is 9.81. The molecule has 1 unspecified atom stereocenters. The number of aliphatic hydroxyl groups is 1. The molecular weight excluding hydrogens is 241 g/mol. The average molecular weight is 267 g/mol. The van der Waals surface area contributed by atoms with Gasteiger partial charge in [0.15, 0.2) is 0 Å². The van der Waals surface area contributed by atoms with Gasteiger partial charge in [-0.1, -0.05) is 32.9 Å². The van der Waals surface area contributed by atoms with Gasteiger partial charge in [-0.05, 0) is 43.4 Å². The molecule has 3 heteroatoms. The van der Waals surface area contributed by atoms with Crippen molar-refractivity contribution in [2.75, 3.05) is 6.54 Å². The zero-order valence-corrected chi connectivity index (χ0v) is 12.6.